The zero-order valence-electron chi connectivity index (χ0n) is 9.82. The summed E-state index contributed by atoms with van der Waals surface area (Å²) < 4.78 is 0.696. The third kappa shape index (κ3) is 4.83. The zero-order valence-corrected chi connectivity index (χ0v) is 11.4. The summed E-state index contributed by atoms with van der Waals surface area (Å²) in [5, 5.41) is 11.7. The molecule has 2 N–H and O–H groups in total. The van der Waals surface area contributed by atoms with Crippen molar-refractivity contribution in [3.63, 3.8) is 0 Å². The molecule has 0 radical (unpaired) electrons. The molecule has 17 heavy (non-hydrogen) atoms. The lowest BCUT2D eigenvalue weighted by molar-refractivity contribution is 0.0946. The molecular weight excluding hydrogens is 284 g/mol. The molecule has 1 unspecified atom stereocenters. The van der Waals surface area contributed by atoms with Crippen molar-refractivity contribution >= 4 is 21.8 Å². The van der Waals surface area contributed by atoms with Crippen LogP contribution >= 0.6 is 15.9 Å². The fraction of sp³-hybridized carbons (Fsp3) is 0.500. The SMILES string of the molecule is CC(CO)CCCNC(=O)c1ncccc1Br. The van der Waals surface area contributed by atoms with Gasteiger partial charge in [0, 0.05) is 23.8 Å². The first kappa shape index (κ1) is 14.1. The molecule has 0 spiro atoms. The summed E-state index contributed by atoms with van der Waals surface area (Å²) in [6, 6.07) is 3.56. The van der Waals surface area contributed by atoms with Crippen LogP contribution in [0.5, 0.6) is 0 Å². The number of aromatic nitrogens is 1. The van der Waals surface area contributed by atoms with Gasteiger partial charge in [0.2, 0.25) is 0 Å². The van der Waals surface area contributed by atoms with E-state index < -0.39 is 0 Å². The molecule has 0 aromatic carbocycles. The fourth-order valence-electron chi connectivity index (χ4n) is 1.38. The molecule has 0 fully saturated rings. The molecule has 4 nitrogen and oxygen atoms in total. The Morgan fingerprint density at radius 2 is 2.41 bits per heavy atom. The Kier molecular flexibility index (Phi) is 6.15. The summed E-state index contributed by atoms with van der Waals surface area (Å²) in [5.41, 5.74) is 0.405. The Balaban J connectivity index is 2.33. The van der Waals surface area contributed by atoms with Crippen LogP contribution in [-0.4, -0.2) is 29.1 Å². The van der Waals surface area contributed by atoms with Crippen molar-refractivity contribution < 1.29 is 9.90 Å². The minimum atomic E-state index is -0.172. The summed E-state index contributed by atoms with van der Waals surface area (Å²) >= 11 is 3.28. The van der Waals surface area contributed by atoms with Gasteiger partial charge in [-0.3, -0.25) is 4.79 Å². The number of hydrogen-bond acceptors (Lipinski definition) is 3. The summed E-state index contributed by atoms with van der Waals surface area (Å²) in [4.78, 5) is 15.7. The van der Waals surface area contributed by atoms with Gasteiger partial charge in [-0.1, -0.05) is 6.92 Å². The van der Waals surface area contributed by atoms with Gasteiger partial charge >= 0.3 is 0 Å². The molecule has 1 atom stereocenters. The lowest BCUT2D eigenvalue weighted by Gasteiger charge is -2.08. The van der Waals surface area contributed by atoms with Gasteiger partial charge in [-0.05, 0) is 46.8 Å². The Morgan fingerprint density at radius 3 is 3.06 bits per heavy atom. The lowest BCUT2D eigenvalue weighted by atomic mass is 10.1. The number of amides is 1. The summed E-state index contributed by atoms with van der Waals surface area (Å²) in [6.07, 6.45) is 3.35. The topological polar surface area (TPSA) is 62.2 Å². The molecule has 1 rings (SSSR count). The maximum atomic E-state index is 11.7. The Hall–Kier alpha value is -0.940. The van der Waals surface area contributed by atoms with Crippen molar-refractivity contribution in [2.24, 2.45) is 5.92 Å². The number of hydrogen-bond donors (Lipinski definition) is 2. The normalized spacial score (nSPS) is 12.2. The second-order valence-electron chi connectivity index (χ2n) is 4.02. The standard InChI is InChI=1S/C12H17BrN2O2/c1-9(8-16)4-2-7-15-12(17)11-10(13)5-3-6-14-11/h3,5-6,9,16H,2,4,7-8H2,1H3,(H,15,17). The molecule has 5 heteroatoms. The van der Waals surface area contributed by atoms with E-state index in [1.54, 1.807) is 18.3 Å². The number of carbonyl (C=O) groups is 1. The molecule has 0 aliphatic heterocycles. The highest BCUT2D eigenvalue weighted by atomic mass is 79.9. The van der Waals surface area contributed by atoms with Crippen LogP contribution in [0, 0.1) is 5.92 Å². The van der Waals surface area contributed by atoms with Gasteiger partial charge in [0.15, 0.2) is 0 Å². The third-order valence-electron chi connectivity index (χ3n) is 2.44. The molecule has 1 heterocycles. The molecule has 0 aliphatic rings. The highest BCUT2D eigenvalue weighted by Crippen LogP contribution is 2.12. The fourth-order valence-corrected chi connectivity index (χ4v) is 1.82. The number of aliphatic hydroxyl groups is 1. The van der Waals surface area contributed by atoms with Gasteiger partial charge in [-0.25, -0.2) is 4.98 Å². The van der Waals surface area contributed by atoms with E-state index in [9.17, 15) is 4.79 Å². The molecule has 0 aliphatic carbocycles. The van der Waals surface area contributed by atoms with E-state index in [4.69, 9.17) is 5.11 Å². The second kappa shape index (κ2) is 7.40. The smallest absolute Gasteiger partial charge is 0.271 e. The van der Waals surface area contributed by atoms with Gasteiger partial charge in [-0.15, -0.1) is 0 Å². The number of pyridine rings is 1. The minimum absolute atomic E-state index is 0.172. The Labute approximate surface area is 110 Å². The van der Waals surface area contributed by atoms with Crippen LogP contribution in [0.3, 0.4) is 0 Å². The number of halogens is 1. The maximum absolute atomic E-state index is 11.7. The van der Waals surface area contributed by atoms with Gasteiger partial charge < -0.3 is 10.4 Å². The lowest BCUT2D eigenvalue weighted by Crippen LogP contribution is -2.26. The first-order chi connectivity index (χ1) is 8.15. The monoisotopic (exact) mass is 300 g/mol. The van der Waals surface area contributed by atoms with E-state index in [0.717, 1.165) is 12.8 Å². The highest BCUT2D eigenvalue weighted by Gasteiger charge is 2.10. The van der Waals surface area contributed by atoms with E-state index in [1.807, 2.05) is 6.92 Å². The van der Waals surface area contributed by atoms with E-state index in [1.165, 1.54) is 0 Å². The number of rotatable bonds is 6. The average molecular weight is 301 g/mol. The van der Waals surface area contributed by atoms with E-state index >= 15 is 0 Å². The highest BCUT2D eigenvalue weighted by molar-refractivity contribution is 9.10. The van der Waals surface area contributed by atoms with Gasteiger partial charge in [0.1, 0.15) is 5.69 Å². The zero-order chi connectivity index (χ0) is 12.7. The van der Waals surface area contributed by atoms with Gasteiger partial charge in [0.05, 0.1) is 0 Å². The van der Waals surface area contributed by atoms with E-state index in [0.29, 0.717) is 16.7 Å². The number of aliphatic hydroxyl groups excluding tert-OH is 1. The van der Waals surface area contributed by atoms with E-state index in [2.05, 4.69) is 26.2 Å². The number of nitrogens with one attached hydrogen (secondary N) is 1. The summed E-state index contributed by atoms with van der Waals surface area (Å²) in [6.45, 7) is 2.78. The number of nitrogens with zero attached hydrogens (tertiary/aromatic N) is 1. The molecule has 94 valence electrons. The third-order valence-corrected chi connectivity index (χ3v) is 3.08. The minimum Gasteiger partial charge on any atom is -0.396 e. The van der Waals surface area contributed by atoms with Crippen LogP contribution < -0.4 is 5.32 Å². The molecule has 1 aromatic heterocycles. The van der Waals surface area contributed by atoms with Crippen LogP contribution in [-0.2, 0) is 0 Å². The summed E-state index contributed by atoms with van der Waals surface area (Å²) in [5.74, 6) is 0.114. The molecule has 1 amide bonds. The molecule has 0 saturated carbocycles. The van der Waals surface area contributed by atoms with Crippen molar-refractivity contribution in [1.29, 1.82) is 0 Å². The van der Waals surface area contributed by atoms with Crippen molar-refractivity contribution in [2.75, 3.05) is 13.2 Å². The van der Waals surface area contributed by atoms with Crippen molar-refractivity contribution in [2.45, 2.75) is 19.8 Å². The first-order valence-electron chi connectivity index (χ1n) is 5.64. The largest absolute Gasteiger partial charge is 0.396 e. The van der Waals surface area contributed by atoms with Gasteiger partial charge in [0.25, 0.3) is 5.91 Å². The van der Waals surface area contributed by atoms with Crippen LogP contribution in [0.15, 0.2) is 22.8 Å². The second-order valence-corrected chi connectivity index (χ2v) is 4.87. The predicted octanol–water partition coefficient (Wildman–Crippen LogP) is 1.98. The molecule has 0 saturated heterocycles. The van der Waals surface area contributed by atoms with Crippen LogP contribution in [0.4, 0.5) is 0 Å². The van der Waals surface area contributed by atoms with Gasteiger partial charge in [-0.2, -0.15) is 0 Å². The summed E-state index contributed by atoms with van der Waals surface area (Å²) in [7, 11) is 0. The molecular formula is C12H17BrN2O2. The van der Waals surface area contributed by atoms with Crippen LogP contribution in [0.2, 0.25) is 0 Å². The Morgan fingerprint density at radius 1 is 1.65 bits per heavy atom. The van der Waals surface area contributed by atoms with Crippen LogP contribution in [0.25, 0.3) is 0 Å². The Bertz CT molecular complexity index is 371. The molecule has 0 bridgehead atoms. The number of carbonyl (C=O) groups excluding carboxylic acids is 1. The van der Waals surface area contributed by atoms with Crippen LogP contribution in [0.1, 0.15) is 30.3 Å². The predicted molar refractivity (Wildman–Crippen MR) is 69.8 cm³/mol. The molecule has 1 aromatic rings. The maximum Gasteiger partial charge on any atom is 0.271 e. The first-order valence-corrected chi connectivity index (χ1v) is 6.44. The van der Waals surface area contributed by atoms with E-state index in [-0.39, 0.29) is 18.4 Å². The van der Waals surface area contributed by atoms with Crippen molar-refractivity contribution in [3.05, 3.63) is 28.5 Å². The van der Waals surface area contributed by atoms with Crippen molar-refractivity contribution in [1.82, 2.24) is 10.3 Å². The van der Waals surface area contributed by atoms with Crippen molar-refractivity contribution in [3.8, 4) is 0 Å². The quantitative estimate of drug-likeness (QED) is 0.790. The average Bonchev–Trinajstić information content (AvgIpc) is 2.34.